The van der Waals surface area contributed by atoms with Crippen LogP contribution in [0.25, 0.3) is 5.57 Å². The Kier molecular flexibility index (Phi) is 8.07. The maximum Gasteiger partial charge on any atom is 0.254 e. The van der Waals surface area contributed by atoms with Crippen LogP contribution in [-0.2, 0) is 10.0 Å². The molecule has 4 rings (SSSR count). The molecular formula is C28H31N3O4S. The molecule has 0 unspecified atom stereocenters. The van der Waals surface area contributed by atoms with Crippen molar-refractivity contribution >= 4 is 27.2 Å². The number of nitrogens with zero attached hydrogens (tertiary/aromatic N) is 1. The van der Waals surface area contributed by atoms with Crippen LogP contribution in [0.4, 0.5) is 5.69 Å². The van der Waals surface area contributed by atoms with E-state index in [9.17, 15) is 13.2 Å². The number of rotatable bonds is 9. The van der Waals surface area contributed by atoms with Crippen molar-refractivity contribution in [1.29, 1.82) is 0 Å². The molecule has 0 spiro atoms. The molecule has 7 nitrogen and oxygen atoms in total. The van der Waals surface area contributed by atoms with E-state index in [1.807, 2.05) is 30.3 Å². The molecule has 1 aliphatic rings. The van der Waals surface area contributed by atoms with Gasteiger partial charge in [0.2, 0.25) is 10.0 Å². The highest BCUT2D eigenvalue weighted by molar-refractivity contribution is 7.89. The first-order valence-electron chi connectivity index (χ1n) is 12.1. The first kappa shape index (κ1) is 25.5. The molecule has 0 bridgehead atoms. The quantitative estimate of drug-likeness (QED) is 0.386. The zero-order chi connectivity index (χ0) is 25.5. The van der Waals surface area contributed by atoms with Crippen LogP contribution in [0.15, 0.2) is 83.8 Å². The van der Waals surface area contributed by atoms with Crippen molar-refractivity contribution in [3.05, 3.63) is 90.0 Å². The third-order valence-corrected chi connectivity index (χ3v) is 6.97. The van der Waals surface area contributed by atoms with E-state index >= 15 is 0 Å². The van der Waals surface area contributed by atoms with Crippen molar-refractivity contribution in [3.8, 4) is 11.5 Å². The van der Waals surface area contributed by atoms with Gasteiger partial charge in [0.25, 0.3) is 5.91 Å². The van der Waals surface area contributed by atoms with Crippen LogP contribution in [0.1, 0.15) is 42.1 Å². The minimum atomic E-state index is -4.19. The summed E-state index contributed by atoms with van der Waals surface area (Å²) in [5, 5.41) is 8.84. The summed E-state index contributed by atoms with van der Waals surface area (Å²) in [4.78, 5) is 14.9. The zero-order valence-corrected chi connectivity index (χ0v) is 21.1. The lowest BCUT2D eigenvalue weighted by Gasteiger charge is -2.27. The molecule has 0 saturated heterocycles. The molecule has 0 aromatic heterocycles. The van der Waals surface area contributed by atoms with Crippen molar-refractivity contribution in [2.45, 2.75) is 31.1 Å². The van der Waals surface area contributed by atoms with Gasteiger partial charge in [-0.05, 0) is 48.2 Å². The fourth-order valence-electron chi connectivity index (χ4n) is 4.13. The number of primary sulfonamides is 1. The average molecular weight is 506 g/mol. The molecular weight excluding hydrogens is 474 g/mol. The molecule has 188 valence electrons. The lowest BCUT2D eigenvalue weighted by Crippen LogP contribution is -2.35. The fraction of sp³-hybridized carbons (Fsp3) is 0.250. The Morgan fingerprint density at radius 1 is 1.06 bits per heavy atom. The second kappa shape index (κ2) is 11.4. The fourth-order valence-corrected chi connectivity index (χ4v) is 4.83. The lowest BCUT2D eigenvalue weighted by atomic mass is 9.99. The standard InChI is InChI=1S/C28H31N3O4S/c1-2-3-16-30-25-19-23(20-26(36(29,33)34)27(25)35-24-12-8-5-9-13-24)28(32)31-17-14-22(15-18-31)21-10-6-4-7-11-21/h4-14,19-20,30H,2-3,15-18H2,1H3,(H2,29,33,34). The zero-order valence-electron chi connectivity index (χ0n) is 20.3. The highest BCUT2D eigenvalue weighted by atomic mass is 32.2. The molecule has 3 aromatic rings. The molecule has 1 heterocycles. The SMILES string of the molecule is CCCCNc1cc(C(=O)N2CC=C(c3ccccc3)CC2)cc(S(N)(=O)=O)c1Oc1ccccc1. The van der Waals surface area contributed by atoms with Gasteiger partial charge in [0, 0.05) is 25.2 Å². The van der Waals surface area contributed by atoms with Gasteiger partial charge in [0.1, 0.15) is 10.6 Å². The van der Waals surface area contributed by atoms with E-state index < -0.39 is 10.0 Å². The Morgan fingerprint density at radius 2 is 1.75 bits per heavy atom. The summed E-state index contributed by atoms with van der Waals surface area (Å²) in [6.07, 6.45) is 4.58. The van der Waals surface area contributed by atoms with Gasteiger partial charge in [-0.2, -0.15) is 0 Å². The van der Waals surface area contributed by atoms with Crippen molar-refractivity contribution in [2.24, 2.45) is 5.14 Å². The molecule has 1 amide bonds. The van der Waals surface area contributed by atoms with E-state index in [4.69, 9.17) is 9.88 Å². The van der Waals surface area contributed by atoms with E-state index in [0.29, 0.717) is 37.5 Å². The minimum Gasteiger partial charge on any atom is -0.454 e. The van der Waals surface area contributed by atoms with Gasteiger partial charge in [-0.25, -0.2) is 13.6 Å². The lowest BCUT2D eigenvalue weighted by molar-refractivity contribution is 0.0772. The van der Waals surface area contributed by atoms with Crippen LogP contribution >= 0.6 is 0 Å². The highest BCUT2D eigenvalue weighted by Crippen LogP contribution is 2.37. The third kappa shape index (κ3) is 6.13. The Hall–Kier alpha value is -3.62. The molecule has 0 atom stereocenters. The Morgan fingerprint density at radius 3 is 2.36 bits per heavy atom. The van der Waals surface area contributed by atoms with E-state index in [0.717, 1.165) is 18.4 Å². The van der Waals surface area contributed by atoms with Crippen molar-refractivity contribution in [3.63, 3.8) is 0 Å². The summed E-state index contributed by atoms with van der Waals surface area (Å²) in [5.74, 6) is 0.295. The van der Waals surface area contributed by atoms with Crippen molar-refractivity contribution < 1.29 is 17.9 Å². The first-order valence-corrected chi connectivity index (χ1v) is 13.6. The molecule has 3 aromatic carbocycles. The number of anilines is 1. The Bertz CT molecular complexity index is 1340. The van der Waals surface area contributed by atoms with Gasteiger partial charge < -0.3 is 15.0 Å². The number of nitrogens with two attached hydrogens (primary N) is 1. The van der Waals surface area contributed by atoms with Crippen LogP contribution in [0.3, 0.4) is 0 Å². The molecule has 0 radical (unpaired) electrons. The molecule has 36 heavy (non-hydrogen) atoms. The number of carbonyl (C=O) groups excluding carboxylic acids is 1. The number of amides is 1. The monoisotopic (exact) mass is 505 g/mol. The van der Waals surface area contributed by atoms with Gasteiger partial charge in [-0.15, -0.1) is 0 Å². The number of unbranched alkanes of at least 4 members (excludes halogenated alkanes) is 1. The molecule has 1 aliphatic heterocycles. The second-order valence-corrected chi connectivity index (χ2v) is 10.2. The summed E-state index contributed by atoms with van der Waals surface area (Å²) in [5.41, 5.74) is 3.00. The number of para-hydroxylation sites is 1. The maximum atomic E-state index is 13.5. The largest absolute Gasteiger partial charge is 0.454 e. The van der Waals surface area contributed by atoms with Gasteiger partial charge >= 0.3 is 0 Å². The van der Waals surface area contributed by atoms with Crippen LogP contribution in [0.2, 0.25) is 0 Å². The van der Waals surface area contributed by atoms with E-state index in [2.05, 4.69) is 24.4 Å². The third-order valence-electron chi connectivity index (χ3n) is 6.06. The van der Waals surface area contributed by atoms with Crippen LogP contribution in [0.5, 0.6) is 11.5 Å². The van der Waals surface area contributed by atoms with Gasteiger partial charge in [-0.3, -0.25) is 4.79 Å². The van der Waals surface area contributed by atoms with Crippen molar-refractivity contribution in [2.75, 3.05) is 25.0 Å². The maximum absolute atomic E-state index is 13.5. The van der Waals surface area contributed by atoms with E-state index in [1.54, 1.807) is 35.2 Å². The normalized spacial score (nSPS) is 13.7. The van der Waals surface area contributed by atoms with Gasteiger partial charge in [-0.1, -0.05) is 68.0 Å². The number of sulfonamides is 1. The predicted octanol–water partition coefficient (Wildman–Crippen LogP) is 5.27. The Balaban J connectivity index is 1.68. The summed E-state index contributed by atoms with van der Waals surface area (Å²) in [6.45, 7) is 3.63. The van der Waals surface area contributed by atoms with E-state index in [-0.39, 0.29) is 22.1 Å². The van der Waals surface area contributed by atoms with Crippen molar-refractivity contribution in [1.82, 2.24) is 4.90 Å². The van der Waals surface area contributed by atoms with Gasteiger partial charge in [0.15, 0.2) is 5.75 Å². The molecule has 3 N–H and O–H groups in total. The van der Waals surface area contributed by atoms with Gasteiger partial charge in [0.05, 0.1) is 5.69 Å². The highest BCUT2D eigenvalue weighted by Gasteiger charge is 2.26. The number of benzene rings is 3. The smallest absolute Gasteiger partial charge is 0.254 e. The molecule has 0 fully saturated rings. The minimum absolute atomic E-state index is 0.0845. The van der Waals surface area contributed by atoms with Crippen LogP contribution in [-0.4, -0.2) is 38.9 Å². The number of nitrogens with one attached hydrogen (secondary N) is 1. The summed E-state index contributed by atoms with van der Waals surface area (Å²) in [6, 6.07) is 21.9. The molecule has 0 aliphatic carbocycles. The first-order chi connectivity index (χ1) is 17.4. The second-order valence-electron chi connectivity index (χ2n) is 8.69. The number of hydrogen-bond acceptors (Lipinski definition) is 5. The van der Waals surface area contributed by atoms with E-state index in [1.165, 1.54) is 11.6 Å². The number of ether oxygens (including phenoxy) is 1. The topological polar surface area (TPSA) is 102 Å². The molecule has 8 heteroatoms. The summed E-state index contributed by atoms with van der Waals surface area (Å²) >= 11 is 0. The predicted molar refractivity (Wildman–Crippen MR) is 143 cm³/mol. The molecule has 0 saturated carbocycles. The number of hydrogen-bond donors (Lipinski definition) is 2. The summed E-state index contributed by atoms with van der Waals surface area (Å²) < 4.78 is 31.2. The Labute approximate surface area is 212 Å². The van der Waals surface area contributed by atoms with Crippen LogP contribution in [0, 0.1) is 0 Å². The van der Waals surface area contributed by atoms with Crippen LogP contribution < -0.4 is 15.2 Å². The average Bonchev–Trinajstić information content (AvgIpc) is 2.89. The summed E-state index contributed by atoms with van der Waals surface area (Å²) in [7, 11) is -4.19. The number of carbonyl (C=O) groups is 1.